The molecule has 0 unspecified atom stereocenters. The molecule has 0 aliphatic rings. The zero-order valence-electron chi connectivity index (χ0n) is 9.80. The predicted molar refractivity (Wildman–Crippen MR) is 62.1 cm³/mol. The third-order valence-electron chi connectivity index (χ3n) is 1.67. The van der Waals surface area contributed by atoms with Gasteiger partial charge in [-0.2, -0.15) is 0 Å². The highest BCUT2D eigenvalue weighted by Crippen LogP contribution is 2.03. The summed E-state index contributed by atoms with van der Waals surface area (Å²) in [5.74, 6) is -0.398. The van der Waals surface area contributed by atoms with Gasteiger partial charge in [-0.3, -0.25) is 9.59 Å². The number of carbonyl (C=O) groups is 2. The molecule has 0 saturated heterocycles. The second-order valence-corrected chi connectivity index (χ2v) is 4.79. The van der Waals surface area contributed by atoms with Gasteiger partial charge in [0, 0.05) is 0 Å². The lowest BCUT2D eigenvalue weighted by molar-refractivity contribution is -0.131. The minimum atomic E-state index is -1.18. The Morgan fingerprint density at radius 2 is 1.33 bits per heavy atom. The fourth-order valence-corrected chi connectivity index (χ4v) is 0.850. The maximum atomic E-state index is 10.5. The van der Waals surface area contributed by atoms with E-state index in [9.17, 15) is 9.59 Å². The predicted octanol–water partition coefficient (Wildman–Crippen LogP) is 1.07. The molecule has 0 aromatic rings. The Balaban J connectivity index is 0. The summed E-state index contributed by atoms with van der Waals surface area (Å²) in [7, 11) is 0. The van der Waals surface area contributed by atoms with Crippen molar-refractivity contribution in [2.45, 2.75) is 45.8 Å². The molecule has 2 N–H and O–H groups in total. The Kier molecular flexibility index (Phi) is 7.26. The molecule has 0 aliphatic heterocycles. The number of halogens is 1. The summed E-state index contributed by atoms with van der Waals surface area (Å²) in [6, 6.07) is 0. The number of ketones is 2. The molecule has 90 valence electrons. The molecule has 0 radical (unpaired) electrons. The maximum absolute atomic E-state index is 10.5. The molecule has 0 aromatic carbocycles. The number of hydrogen-bond donors (Lipinski definition) is 2. The van der Waals surface area contributed by atoms with Crippen LogP contribution in [-0.2, 0) is 9.59 Å². The minimum Gasteiger partial charge on any atom is -0.383 e. The molecule has 0 spiro atoms. The molecule has 0 atom stereocenters. The number of aliphatic hydroxyl groups is 2. The van der Waals surface area contributed by atoms with Gasteiger partial charge in [-0.15, -0.1) is 0 Å². The molecular weight excluding hydrogens is 264 g/mol. The van der Waals surface area contributed by atoms with E-state index in [4.69, 9.17) is 10.2 Å². The molecule has 0 rings (SSSR count). The molecule has 0 aromatic heterocycles. The first kappa shape index (κ1) is 17.1. The molecule has 0 aliphatic carbocycles. The highest BCUT2D eigenvalue weighted by atomic mass is 79.9. The first-order valence-corrected chi connectivity index (χ1v) is 5.60. The monoisotopic (exact) mass is 282 g/mol. The number of alkyl halides is 1. The van der Waals surface area contributed by atoms with Crippen LogP contribution in [0.1, 0.15) is 34.6 Å². The Morgan fingerprint density at radius 3 is 1.33 bits per heavy atom. The lowest BCUT2D eigenvalue weighted by Crippen LogP contribution is -2.31. The van der Waals surface area contributed by atoms with Crippen LogP contribution < -0.4 is 0 Å². The summed E-state index contributed by atoms with van der Waals surface area (Å²) in [4.78, 5) is 20.8. The summed E-state index contributed by atoms with van der Waals surface area (Å²) in [5.41, 5.74) is -2.32. The number of rotatable bonds is 3. The van der Waals surface area contributed by atoms with Crippen LogP contribution >= 0.6 is 15.9 Å². The van der Waals surface area contributed by atoms with Crippen molar-refractivity contribution in [1.82, 2.24) is 0 Å². The second kappa shape index (κ2) is 6.35. The van der Waals surface area contributed by atoms with Crippen LogP contribution in [0.25, 0.3) is 0 Å². The topological polar surface area (TPSA) is 74.6 Å². The summed E-state index contributed by atoms with van der Waals surface area (Å²) in [6.45, 7) is 7.23. The third-order valence-corrected chi connectivity index (χ3v) is 2.17. The number of carbonyl (C=O) groups excluding carboxylic acids is 2. The van der Waals surface area contributed by atoms with Gasteiger partial charge in [0.25, 0.3) is 0 Å². The van der Waals surface area contributed by atoms with E-state index in [0.29, 0.717) is 0 Å². The van der Waals surface area contributed by atoms with E-state index in [0.717, 1.165) is 0 Å². The van der Waals surface area contributed by atoms with Crippen molar-refractivity contribution in [3.05, 3.63) is 0 Å². The minimum absolute atomic E-state index is 0.197. The van der Waals surface area contributed by atoms with Crippen LogP contribution in [0.15, 0.2) is 0 Å². The molecule has 15 heavy (non-hydrogen) atoms. The van der Waals surface area contributed by atoms with Gasteiger partial charge in [0.05, 0.1) is 5.33 Å². The summed E-state index contributed by atoms with van der Waals surface area (Å²) in [5, 5.41) is 17.9. The SMILES string of the molecule is CC(=O)C(C)(C)O.CC(C)(O)C(=O)CBr. The Labute approximate surface area is 98.8 Å². The zero-order chi connectivity index (χ0) is 12.9. The summed E-state index contributed by atoms with van der Waals surface area (Å²) in [6.07, 6.45) is 0. The van der Waals surface area contributed by atoms with Gasteiger partial charge in [0.1, 0.15) is 11.2 Å². The van der Waals surface area contributed by atoms with Crippen LogP contribution in [0.4, 0.5) is 0 Å². The van der Waals surface area contributed by atoms with Crippen LogP contribution in [0.2, 0.25) is 0 Å². The largest absolute Gasteiger partial charge is 0.383 e. The van der Waals surface area contributed by atoms with Crippen molar-refractivity contribution in [3.8, 4) is 0 Å². The van der Waals surface area contributed by atoms with E-state index >= 15 is 0 Å². The van der Waals surface area contributed by atoms with E-state index in [1.807, 2.05) is 0 Å². The lowest BCUT2D eigenvalue weighted by atomic mass is 10.1. The Bertz CT molecular complexity index is 223. The average molecular weight is 283 g/mol. The Morgan fingerprint density at radius 1 is 1.07 bits per heavy atom. The molecule has 0 bridgehead atoms. The fraction of sp³-hybridized carbons (Fsp3) is 0.800. The van der Waals surface area contributed by atoms with Crippen molar-refractivity contribution in [2.24, 2.45) is 0 Å². The second-order valence-electron chi connectivity index (χ2n) is 4.23. The van der Waals surface area contributed by atoms with Crippen LogP contribution in [0.3, 0.4) is 0 Å². The molecule has 4 nitrogen and oxygen atoms in total. The maximum Gasteiger partial charge on any atom is 0.174 e. The van der Waals surface area contributed by atoms with Gasteiger partial charge < -0.3 is 10.2 Å². The third kappa shape index (κ3) is 10.0. The van der Waals surface area contributed by atoms with E-state index in [-0.39, 0.29) is 16.9 Å². The van der Waals surface area contributed by atoms with Crippen LogP contribution in [0.5, 0.6) is 0 Å². The Hall–Kier alpha value is -0.260. The van der Waals surface area contributed by atoms with Gasteiger partial charge in [0.2, 0.25) is 0 Å². The first-order valence-electron chi connectivity index (χ1n) is 4.48. The van der Waals surface area contributed by atoms with Crippen molar-refractivity contribution in [1.29, 1.82) is 0 Å². The molecular formula is C10H19BrO4. The standard InChI is InChI=1S/C5H9BrO2.C5H10O2/c1-5(2,8)4(7)3-6;1-4(6)5(2,3)7/h8H,3H2,1-2H3;7H,1-3H3. The summed E-state index contributed by atoms with van der Waals surface area (Å²) < 4.78 is 0. The number of Topliss-reactive ketones (excluding diaryl/α,β-unsaturated/α-hetero) is 2. The van der Waals surface area contributed by atoms with Crippen LogP contribution in [0, 0.1) is 0 Å². The quantitative estimate of drug-likeness (QED) is 0.760. The highest BCUT2D eigenvalue weighted by Gasteiger charge is 2.21. The van der Waals surface area contributed by atoms with Gasteiger partial charge >= 0.3 is 0 Å². The first-order chi connectivity index (χ1) is 6.42. The van der Waals surface area contributed by atoms with E-state index in [2.05, 4.69) is 15.9 Å². The molecule has 0 amide bonds. The molecule has 0 saturated carbocycles. The van der Waals surface area contributed by atoms with Crippen molar-refractivity contribution < 1.29 is 19.8 Å². The summed E-state index contributed by atoms with van der Waals surface area (Å²) >= 11 is 2.94. The van der Waals surface area contributed by atoms with Gasteiger partial charge in [-0.05, 0) is 34.6 Å². The van der Waals surface area contributed by atoms with E-state index in [1.165, 1.54) is 34.6 Å². The van der Waals surface area contributed by atoms with Crippen molar-refractivity contribution >= 4 is 27.5 Å². The van der Waals surface area contributed by atoms with Crippen LogP contribution in [-0.4, -0.2) is 38.3 Å². The van der Waals surface area contributed by atoms with Gasteiger partial charge in [0.15, 0.2) is 11.6 Å². The highest BCUT2D eigenvalue weighted by molar-refractivity contribution is 9.09. The lowest BCUT2D eigenvalue weighted by Gasteiger charge is -2.12. The van der Waals surface area contributed by atoms with E-state index < -0.39 is 11.2 Å². The van der Waals surface area contributed by atoms with Gasteiger partial charge in [-0.25, -0.2) is 0 Å². The average Bonchev–Trinajstić information content (AvgIpc) is 2.00. The smallest absolute Gasteiger partial charge is 0.174 e. The van der Waals surface area contributed by atoms with Crippen molar-refractivity contribution in [3.63, 3.8) is 0 Å². The van der Waals surface area contributed by atoms with Gasteiger partial charge in [-0.1, -0.05) is 15.9 Å². The molecule has 0 fully saturated rings. The molecule has 5 heteroatoms. The zero-order valence-corrected chi connectivity index (χ0v) is 11.4. The normalized spacial score (nSPS) is 11.5. The van der Waals surface area contributed by atoms with E-state index in [1.54, 1.807) is 0 Å². The molecule has 0 heterocycles. The fourth-order valence-electron chi connectivity index (χ4n) is 0.164. The number of hydrogen-bond acceptors (Lipinski definition) is 4. The van der Waals surface area contributed by atoms with Crippen molar-refractivity contribution in [2.75, 3.05) is 5.33 Å².